The van der Waals surface area contributed by atoms with Crippen molar-refractivity contribution in [2.45, 2.75) is 26.1 Å². The minimum absolute atomic E-state index is 0.0612. The van der Waals surface area contributed by atoms with Gasteiger partial charge in [0.05, 0.1) is 18.3 Å². The van der Waals surface area contributed by atoms with Crippen LogP contribution in [0.5, 0.6) is 0 Å². The third kappa shape index (κ3) is 4.75. The fourth-order valence-electron chi connectivity index (χ4n) is 2.87. The Morgan fingerprint density at radius 1 is 1.14 bits per heavy atom. The van der Waals surface area contributed by atoms with E-state index in [0.717, 1.165) is 22.4 Å². The number of carbonyl (C=O) groups excluding carboxylic acids is 1. The molecule has 146 valence electrons. The molecule has 0 aliphatic carbocycles. The quantitative estimate of drug-likeness (QED) is 0.684. The van der Waals surface area contributed by atoms with Gasteiger partial charge in [-0.2, -0.15) is 5.10 Å². The van der Waals surface area contributed by atoms with Crippen LogP contribution in [0.3, 0.4) is 0 Å². The molecular formula is C21H25N5O2. The molecule has 0 aliphatic rings. The lowest BCUT2D eigenvalue weighted by molar-refractivity contribution is 0.185. The maximum atomic E-state index is 12.5. The molecule has 1 N–H and O–H groups in total. The Labute approximate surface area is 165 Å². The van der Waals surface area contributed by atoms with Crippen molar-refractivity contribution < 1.29 is 9.53 Å². The molecule has 1 atom stereocenters. The molecule has 2 amide bonds. The molecule has 28 heavy (non-hydrogen) atoms. The Morgan fingerprint density at radius 3 is 2.43 bits per heavy atom. The lowest BCUT2D eigenvalue weighted by Gasteiger charge is -2.26. The standard InChI is InChI=1S/C21H25N5O2/c1-16(19-8-10-20(11-9-19)26-15-22-14-24-26)25(2)21(27)23-12-17-4-6-18(7-5-17)13-28-3/h4-11,14-16H,12-13H2,1-3H3,(H,23,27). The predicted octanol–water partition coefficient (Wildman–Crippen LogP) is 3.32. The third-order valence-electron chi connectivity index (χ3n) is 4.74. The van der Waals surface area contributed by atoms with Crippen molar-refractivity contribution in [1.82, 2.24) is 25.0 Å². The van der Waals surface area contributed by atoms with Gasteiger partial charge in [-0.3, -0.25) is 0 Å². The van der Waals surface area contributed by atoms with E-state index in [4.69, 9.17) is 4.74 Å². The Bertz CT molecular complexity index is 876. The summed E-state index contributed by atoms with van der Waals surface area (Å²) in [5.41, 5.74) is 4.13. The molecule has 0 saturated carbocycles. The molecule has 0 spiro atoms. The maximum Gasteiger partial charge on any atom is 0.317 e. The van der Waals surface area contributed by atoms with Crippen molar-refractivity contribution in [2.75, 3.05) is 14.2 Å². The topological polar surface area (TPSA) is 72.3 Å². The second kappa shape index (κ2) is 9.14. The summed E-state index contributed by atoms with van der Waals surface area (Å²) in [6, 6.07) is 15.8. The van der Waals surface area contributed by atoms with E-state index in [-0.39, 0.29) is 12.1 Å². The number of hydrogen-bond donors (Lipinski definition) is 1. The maximum absolute atomic E-state index is 12.5. The van der Waals surface area contributed by atoms with Crippen LogP contribution in [0.25, 0.3) is 5.69 Å². The highest BCUT2D eigenvalue weighted by molar-refractivity contribution is 5.74. The minimum atomic E-state index is -0.117. The molecule has 1 aromatic heterocycles. The van der Waals surface area contributed by atoms with Crippen LogP contribution < -0.4 is 5.32 Å². The lowest BCUT2D eigenvalue weighted by Crippen LogP contribution is -2.38. The Morgan fingerprint density at radius 2 is 1.82 bits per heavy atom. The van der Waals surface area contributed by atoms with Crippen LogP contribution in [-0.4, -0.2) is 39.9 Å². The van der Waals surface area contributed by atoms with Crippen LogP contribution in [0, 0.1) is 0 Å². The smallest absolute Gasteiger partial charge is 0.317 e. The number of ether oxygens (including phenoxy) is 1. The van der Waals surface area contributed by atoms with Gasteiger partial charge in [0.15, 0.2) is 0 Å². The van der Waals surface area contributed by atoms with Crippen molar-refractivity contribution in [1.29, 1.82) is 0 Å². The molecule has 7 nitrogen and oxygen atoms in total. The van der Waals surface area contributed by atoms with Crippen molar-refractivity contribution in [3.8, 4) is 5.69 Å². The Kier molecular flexibility index (Phi) is 6.39. The van der Waals surface area contributed by atoms with Crippen LogP contribution in [0.2, 0.25) is 0 Å². The van der Waals surface area contributed by atoms with E-state index in [1.54, 1.807) is 30.1 Å². The number of methoxy groups -OCH3 is 1. The molecule has 1 unspecified atom stereocenters. The number of benzene rings is 2. The van der Waals surface area contributed by atoms with Crippen LogP contribution in [-0.2, 0) is 17.9 Å². The molecule has 0 saturated heterocycles. The summed E-state index contributed by atoms with van der Waals surface area (Å²) >= 11 is 0. The first-order chi connectivity index (χ1) is 13.6. The van der Waals surface area contributed by atoms with Gasteiger partial charge in [0.1, 0.15) is 12.7 Å². The van der Waals surface area contributed by atoms with E-state index in [0.29, 0.717) is 13.2 Å². The van der Waals surface area contributed by atoms with Crippen LogP contribution in [0.1, 0.15) is 29.7 Å². The molecule has 0 radical (unpaired) electrons. The van der Waals surface area contributed by atoms with Crippen LogP contribution >= 0.6 is 0 Å². The fourth-order valence-corrected chi connectivity index (χ4v) is 2.87. The second-order valence-electron chi connectivity index (χ2n) is 6.63. The molecule has 3 rings (SSSR count). The molecule has 0 bridgehead atoms. The van der Waals surface area contributed by atoms with Gasteiger partial charge in [-0.05, 0) is 35.7 Å². The molecule has 2 aromatic carbocycles. The number of aromatic nitrogens is 3. The van der Waals surface area contributed by atoms with E-state index in [1.165, 1.54) is 6.33 Å². The number of nitrogens with one attached hydrogen (secondary N) is 1. The summed E-state index contributed by atoms with van der Waals surface area (Å²) in [5, 5.41) is 7.09. The summed E-state index contributed by atoms with van der Waals surface area (Å²) in [7, 11) is 3.47. The number of hydrogen-bond acceptors (Lipinski definition) is 4. The zero-order valence-corrected chi connectivity index (χ0v) is 16.4. The highest BCUT2D eigenvalue weighted by atomic mass is 16.5. The number of nitrogens with zero attached hydrogens (tertiary/aromatic N) is 4. The summed E-state index contributed by atoms with van der Waals surface area (Å²) in [6.45, 7) is 3.07. The van der Waals surface area contributed by atoms with Gasteiger partial charge in [-0.1, -0.05) is 36.4 Å². The first-order valence-electron chi connectivity index (χ1n) is 9.11. The molecule has 0 aliphatic heterocycles. The number of amides is 2. The highest BCUT2D eigenvalue weighted by Crippen LogP contribution is 2.20. The monoisotopic (exact) mass is 379 g/mol. The largest absolute Gasteiger partial charge is 0.380 e. The number of urea groups is 1. The van der Waals surface area contributed by atoms with Gasteiger partial charge in [0.2, 0.25) is 0 Å². The van der Waals surface area contributed by atoms with Gasteiger partial charge in [0, 0.05) is 20.7 Å². The lowest BCUT2D eigenvalue weighted by atomic mass is 10.1. The normalized spacial score (nSPS) is 11.8. The molecule has 7 heteroatoms. The summed E-state index contributed by atoms with van der Waals surface area (Å²) < 4.78 is 6.81. The van der Waals surface area contributed by atoms with Crippen LogP contribution in [0.15, 0.2) is 61.2 Å². The van der Waals surface area contributed by atoms with Crippen molar-refractivity contribution in [3.63, 3.8) is 0 Å². The summed E-state index contributed by atoms with van der Waals surface area (Å²) in [4.78, 5) is 18.2. The van der Waals surface area contributed by atoms with E-state index in [2.05, 4.69) is 15.4 Å². The molecule has 3 aromatic rings. The van der Waals surface area contributed by atoms with Crippen molar-refractivity contribution >= 4 is 6.03 Å². The zero-order chi connectivity index (χ0) is 19.9. The van der Waals surface area contributed by atoms with Crippen molar-refractivity contribution in [2.24, 2.45) is 0 Å². The van der Waals surface area contributed by atoms with Gasteiger partial charge >= 0.3 is 6.03 Å². The van der Waals surface area contributed by atoms with Gasteiger partial charge in [0.25, 0.3) is 0 Å². The second-order valence-corrected chi connectivity index (χ2v) is 6.63. The third-order valence-corrected chi connectivity index (χ3v) is 4.74. The number of carbonyl (C=O) groups is 1. The number of rotatable bonds is 7. The average molecular weight is 379 g/mol. The Hall–Kier alpha value is -3.19. The first kappa shape index (κ1) is 19.6. The zero-order valence-electron chi connectivity index (χ0n) is 16.4. The van der Waals surface area contributed by atoms with Gasteiger partial charge in [-0.15, -0.1) is 0 Å². The molecule has 0 fully saturated rings. The van der Waals surface area contributed by atoms with E-state index < -0.39 is 0 Å². The van der Waals surface area contributed by atoms with Crippen LogP contribution in [0.4, 0.5) is 4.79 Å². The minimum Gasteiger partial charge on any atom is -0.380 e. The average Bonchev–Trinajstić information content (AvgIpc) is 3.27. The summed E-state index contributed by atoms with van der Waals surface area (Å²) in [6.07, 6.45) is 3.15. The molecular weight excluding hydrogens is 354 g/mol. The van der Waals surface area contributed by atoms with Gasteiger partial charge < -0.3 is 15.0 Å². The Balaban J connectivity index is 1.56. The SMILES string of the molecule is COCc1ccc(CNC(=O)N(C)C(C)c2ccc(-n3cncn3)cc2)cc1. The van der Waals surface area contributed by atoms with E-state index in [1.807, 2.05) is 55.5 Å². The van der Waals surface area contributed by atoms with E-state index >= 15 is 0 Å². The first-order valence-corrected chi connectivity index (χ1v) is 9.11. The van der Waals surface area contributed by atoms with E-state index in [9.17, 15) is 4.79 Å². The fraction of sp³-hybridized carbons (Fsp3) is 0.286. The van der Waals surface area contributed by atoms with Crippen molar-refractivity contribution in [3.05, 3.63) is 77.9 Å². The summed E-state index contributed by atoms with van der Waals surface area (Å²) in [5.74, 6) is 0. The molecule has 1 heterocycles. The van der Waals surface area contributed by atoms with Gasteiger partial charge in [-0.25, -0.2) is 14.5 Å². The highest BCUT2D eigenvalue weighted by Gasteiger charge is 2.17. The predicted molar refractivity (Wildman–Crippen MR) is 107 cm³/mol.